The van der Waals surface area contributed by atoms with Gasteiger partial charge in [0.2, 0.25) is 5.28 Å². The highest BCUT2D eigenvalue weighted by Crippen LogP contribution is 2.23. The molecule has 82 valence electrons. The zero-order valence-corrected chi connectivity index (χ0v) is 10.1. The Morgan fingerprint density at radius 1 is 1.60 bits per heavy atom. The maximum absolute atomic E-state index is 5.78. The molecule has 0 N–H and O–H groups in total. The van der Waals surface area contributed by atoms with Gasteiger partial charge in [-0.15, -0.1) is 11.8 Å². The monoisotopic (exact) mass is 244 g/mol. The molecule has 0 amide bonds. The Labute approximate surface area is 98.6 Å². The van der Waals surface area contributed by atoms with Crippen LogP contribution in [0, 0.1) is 6.92 Å². The summed E-state index contributed by atoms with van der Waals surface area (Å²) in [4.78, 5) is 8.18. The lowest BCUT2D eigenvalue weighted by Crippen LogP contribution is -2.08. The van der Waals surface area contributed by atoms with E-state index in [1.807, 2.05) is 13.0 Å². The molecule has 0 aromatic carbocycles. The molecule has 1 aliphatic heterocycles. The van der Waals surface area contributed by atoms with E-state index in [1.54, 1.807) is 11.8 Å². The molecule has 1 aromatic heterocycles. The third-order valence-corrected chi connectivity index (χ3v) is 3.46. The van der Waals surface area contributed by atoms with Crippen LogP contribution in [-0.4, -0.2) is 28.4 Å². The van der Waals surface area contributed by atoms with Crippen LogP contribution in [-0.2, 0) is 4.74 Å². The third-order valence-electron chi connectivity index (χ3n) is 2.24. The minimum Gasteiger partial charge on any atom is -0.377 e. The van der Waals surface area contributed by atoms with Crippen molar-refractivity contribution in [1.29, 1.82) is 0 Å². The molecule has 1 atom stereocenters. The van der Waals surface area contributed by atoms with Gasteiger partial charge in [-0.25, -0.2) is 9.97 Å². The van der Waals surface area contributed by atoms with E-state index in [4.69, 9.17) is 16.3 Å². The summed E-state index contributed by atoms with van der Waals surface area (Å²) in [5.41, 5.74) is 0.907. The van der Waals surface area contributed by atoms with Crippen LogP contribution in [0.1, 0.15) is 18.5 Å². The number of aryl methyl sites for hydroxylation is 1. The largest absolute Gasteiger partial charge is 0.377 e. The van der Waals surface area contributed by atoms with Crippen molar-refractivity contribution in [3.05, 3.63) is 17.0 Å². The second-order valence-electron chi connectivity index (χ2n) is 3.56. The lowest BCUT2D eigenvalue weighted by molar-refractivity contribution is 0.129. The van der Waals surface area contributed by atoms with Crippen molar-refractivity contribution in [2.45, 2.75) is 30.9 Å². The smallest absolute Gasteiger partial charge is 0.223 e. The molecule has 1 aromatic rings. The zero-order valence-electron chi connectivity index (χ0n) is 8.57. The summed E-state index contributed by atoms with van der Waals surface area (Å²) in [5, 5.41) is 1.26. The van der Waals surface area contributed by atoms with Crippen LogP contribution >= 0.6 is 23.4 Å². The number of halogens is 1. The van der Waals surface area contributed by atoms with E-state index in [0.717, 1.165) is 29.5 Å². The molecule has 0 bridgehead atoms. The fraction of sp³-hybridized carbons (Fsp3) is 0.600. The molecule has 1 saturated heterocycles. The first-order valence-corrected chi connectivity index (χ1v) is 6.36. The van der Waals surface area contributed by atoms with Crippen LogP contribution < -0.4 is 0 Å². The van der Waals surface area contributed by atoms with E-state index in [-0.39, 0.29) is 0 Å². The van der Waals surface area contributed by atoms with Crippen LogP contribution in [0.5, 0.6) is 0 Å². The van der Waals surface area contributed by atoms with Gasteiger partial charge < -0.3 is 4.74 Å². The van der Waals surface area contributed by atoms with Crippen LogP contribution in [0.4, 0.5) is 0 Å². The quantitative estimate of drug-likeness (QED) is 0.465. The molecule has 1 aliphatic rings. The molecule has 1 fully saturated rings. The topological polar surface area (TPSA) is 35.0 Å². The number of ether oxygens (including phenoxy) is 1. The van der Waals surface area contributed by atoms with Gasteiger partial charge in [-0.05, 0) is 37.4 Å². The minimum atomic E-state index is 0.324. The second kappa shape index (κ2) is 5.14. The van der Waals surface area contributed by atoms with Gasteiger partial charge in [0.25, 0.3) is 0 Å². The number of hydrogen-bond acceptors (Lipinski definition) is 4. The highest BCUT2D eigenvalue weighted by molar-refractivity contribution is 7.99. The summed E-state index contributed by atoms with van der Waals surface area (Å²) in [6.45, 7) is 2.82. The van der Waals surface area contributed by atoms with Gasteiger partial charge in [0, 0.05) is 18.1 Å². The summed E-state index contributed by atoms with van der Waals surface area (Å²) in [7, 11) is 0. The molecule has 1 unspecified atom stereocenters. The van der Waals surface area contributed by atoms with Crippen molar-refractivity contribution in [3.8, 4) is 0 Å². The predicted molar refractivity (Wildman–Crippen MR) is 61.5 cm³/mol. The second-order valence-corrected chi connectivity index (χ2v) is 4.94. The van der Waals surface area contributed by atoms with E-state index in [9.17, 15) is 0 Å². The maximum atomic E-state index is 5.78. The molecule has 2 heterocycles. The fourth-order valence-corrected chi connectivity index (χ4v) is 2.83. The molecule has 0 radical (unpaired) electrons. The van der Waals surface area contributed by atoms with E-state index in [1.165, 1.54) is 6.42 Å². The Morgan fingerprint density at radius 2 is 2.47 bits per heavy atom. The van der Waals surface area contributed by atoms with Crippen molar-refractivity contribution >= 4 is 23.4 Å². The van der Waals surface area contributed by atoms with E-state index in [0.29, 0.717) is 11.4 Å². The lowest BCUT2D eigenvalue weighted by atomic mass is 10.3. The van der Waals surface area contributed by atoms with Crippen molar-refractivity contribution < 1.29 is 4.74 Å². The van der Waals surface area contributed by atoms with Gasteiger partial charge in [-0.3, -0.25) is 0 Å². The number of hydrogen-bond donors (Lipinski definition) is 0. The molecular formula is C10H13ClN2OS. The fourth-order valence-electron chi connectivity index (χ4n) is 1.53. The minimum absolute atomic E-state index is 0.324. The van der Waals surface area contributed by atoms with Crippen molar-refractivity contribution in [1.82, 2.24) is 9.97 Å². The highest BCUT2D eigenvalue weighted by atomic mass is 35.5. The van der Waals surface area contributed by atoms with Crippen LogP contribution in [0.15, 0.2) is 11.1 Å². The molecule has 2 rings (SSSR count). The number of thioether (sulfide) groups is 1. The molecule has 5 heteroatoms. The molecule has 0 saturated carbocycles. The first kappa shape index (κ1) is 11.2. The summed E-state index contributed by atoms with van der Waals surface area (Å²) >= 11 is 7.46. The molecule has 0 aliphatic carbocycles. The molecule has 0 spiro atoms. The number of rotatable bonds is 3. The zero-order chi connectivity index (χ0) is 10.7. The molecule has 15 heavy (non-hydrogen) atoms. The molecular weight excluding hydrogens is 232 g/mol. The average Bonchev–Trinajstić information content (AvgIpc) is 2.65. The van der Waals surface area contributed by atoms with E-state index in [2.05, 4.69) is 9.97 Å². The first-order chi connectivity index (χ1) is 7.24. The Morgan fingerprint density at radius 3 is 3.13 bits per heavy atom. The Hall–Kier alpha value is -0.320. The van der Waals surface area contributed by atoms with Gasteiger partial charge in [0.15, 0.2) is 0 Å². The predicted octanol–water partition coefficient (Wildman–Crippen LogP) is 2.71. The van der Waals surface area contributed by atoms with Crippen LogP contribution in [0.25, 0.3) is 0 Å². The number of aromatic nitrogens is 2. The molecule has 3 nitrogen and oxygen atoms in total. The number of nitrogens with zero attached hydrogens (tertiary/aromatic N) is 2. The standard InChI is InChI=1S/C10H13ClN2OS/c1-7-5-9(13-10(11)12-7)15-6-8-3-2-4-14-8/h5,8H,2-4,6H2,1H3. The van der Waals surface area contributed by atoms with E-state index < -0.39 is 0 Å². The first-order valence-electron chi connectivity index (χ1n) is 4.99. The highest BCUT2D eigenvalue weighted by Gasteiger charge is 2.15. The van der Waals surface area contributed by atoms with Crippen LogP contribution in [0.3, 0.4) is 0 Å². The summed E-state index contributed by atoms with van der Waals surface area (Å²) < 4.78 is 5.54. The van der Waals surface area contributed by atoms with Gasteiger partial charge in [-0.1, -0.05) is 0 Å². The van der Waals surface area contributed by atoms with Gasteiger partial charge in [0.1, 0.15) is 5.03 Å². The summed E-state index contributed by atoms with van der Waals surface area (Å²) in [6, 6.07) is 1.95. The Bertz CT molecular complexity index is 322. The van der Waals surface area contributed by atoms with Crippen molar-refractivity contribution in [2.75, 3.05) is 12.4 Å². The summed E-state index contributed by atoms with van der Waals surface area (Å²) in [5.74, 6) is 0.951. The Kier molecular flexibility index (Phi) is 3.83. The lowest BCUT2D eigenvalue weighted by Gasteiger charge is -2.08. The van der Waals surface area contributed by atoms with Crippen LogP contribution in [0.2, 0.25) is 5.28 Å². The van der Waals surface area contributed by atoms with Crippen molar-refractivity contribution in [3.63, 3.8) is 0 Å². The van der Waals surface area contributed by atoms with Gasteiger partial charge in [0.05, 0.1) is 6.10 Å². The summed E-state index contributed by atoms with van der Waals surface area (Å²) in [6.07, 6.45) is 2.71. The SMILES string of the molecule is Cc1cc(SCC2CCCO2)nc(Cl)n1. The van der Waals surface area contributed by atoms with Gasteiger partial charge in [-0.2, -0.15) is 0 Å². The average molecular weight is 245 g/mol. The van der Waals surface area contributed by atoms with E-state index >= 15 is 0 Å². The maximum Gasteiger partial charge on any atom is 0.223 e. The normalized spacial score (nSPS) is 20.8. The third kappa shape index (κ3) is 3.33. The Balaban J connectivity index is 1.92. The van der Waals surface area contributed by atoms with Gasteiger partial charge >= 0.3 is 0 Å². The van der Waals surface area contributed by atoms with Crippen molar-refractivity contribution in [2.24, 2.45) is 0 Å².